The van der Waals surface area contributed by atoms with Crippen molar-refractivity contribution in [2.75, 3.05) is 31.1 Å². The maximum atomic E-state index is 11.4. The minimum Gasteiger partial charge on any atom is -0.464 e. The summed E-state index contributed by atoms with van der Waals surface area (Å²) in [5.74, 6) is 0.845. The fourth-order valence-electron chi connectivity index (χ4n) is 3.13. The van der Waals surface area contributed by atoms with Gasteiger partial charge < -0.3 is 25.1 Å². The summed E-state index contributed by atoms with van der Waals surface area (Å²) in [6.45, 7) is 1.98. The van der Waals surface area contributed by atoms with E-state index in [1.165, 1.54) is 0 Å². The number of nitrogens with zero attached hydrogens (tertiary/aromatic N) is 2. The van der Waals surface area contributed by atoms with E-state index in [9.17, 15) is 9.59 Å². The van der Waals surface area contributed by atoms with Crippen molar-refractivity contribution in [3.63, 3.8) is 0 Å². The van der Waals surface area contributed by atoms with Crippen molar-refractivity contribution in [1.29, 1.82) is 0 Å². The van der Waals surface area contributed by atoms with Gasteiger partial charge in [0.1, 0.15) is 11.4 Å². The molecule has 2 aromatic heterocycles. The average Bonchev–Trinajstić information content (AvgIpc) is 3.09. The van der Waals surface area contributed by atoms with Crippen LogP contribution in [0.2, 0.25) is 0 Å². The van der Waals surface area contributed by atoms with Crippen molar-refractivity contribution >= 4 is 28.8 Å². The number of hydrogen-bond acceptors (Lipinski definition) is 6. The van der Waals surface area contributed by atoms with Crippen LogP contribution in [0.4, 0.5) is 10.6 Å². The van der Waals surface area contributed by atoms with Crippen molar-refractivity contribution in [2.45, 2.75) is 19.3 Å². The third kappa shape index (κ3) is 4.40. The number of piperidine rings is 1. The Bertz CT molecular complexity index is 737. The number of nitrogens with two attached hydrogens (primary N) is 1. The number of pyridine rings is 1. The number of fused-ring (bicyclic) bond motifs is 1. The summed E-state index contributed by atoms with van der Waals surface area (Å²) in [4.78, 5) is 28.7. The summed E-state index contributed by atoms with van der Waals surface area (Å²) in [6.07, 6.45) is 5.80. The largest absolute Gasteiger partial charge is 0.464 e. The number of nitrogens with one attached hydrogen (secondary N) is 1. The molecule has 25 heavy (non-hydrogen) atoms. The lowest BCUT2D eigenvalue weighted by molar-refractivity contribution is -0.120. The van der Waals surface area contributed by atoms with E-state index in [0.717, 1.165) is 49.1 Å². The fraction of sp³-hybridized carbons (Fsp3) is 0.471. The van der Waals surface area contributed by atoms with E-state index in [1.807, 2.05) is 12.1 Å². The van der Waals surface area contributed by atoms with Crippen molar-refractivity contribution in [2.24, 2.45) is 11.7 Å². The maximum absolute atomic E-state index is 11.4. The molecular formula is C17H22N4O4. The van der Waals surface area contributed by atoms with Crippen LogP contribution in [-0.4, -0.2) is 43.2 Å². The first-order chi connectivity index (χ1) is 12.1. The topological polar surface area (TPSA) is 111 Å². The molecule has 1 aliphatic rings. The molecule has 0 atom stereocenters. The zero-order valence-corrected chi connectivity index (χ0v) is 13.9. The van der Waals surface area contributed by atoms with Gasteiger partial charge in [0.15, 0.2) is 6.61 Å². The molecule has 0 aliphatic carbocycles. The fourth-order valence-corrected chi connectivity index (χ4v) is 3.13. The molecule has 8 heteroatoms. The number of primary amides is 1. The Morgan fingerprint density at radius 2 is 2.16 bits per heavy atom. The Morgan fingerprint density at radius 1 is 1.36 bits per heavy atom. The zero-order chi connectivity index (χ0) is 17.6. The number of carbonyl (C=O) groups excluding carboxylic acids is 2. The molecule has 0 spiro atoms. The number of furan rings is 1. The molecule has 3 rings (SSSR count). The molecule has 1 aliphatic heterocycles. The van der Waals surface area contributed by atoms with Gasteiger partial charge in [-0.1, -0.05) is 0 Å². The molecule has 1 saturated heterocycles. The molecule has 3 heterocycles. The second kappa shape index (κ2) is 7.87. The van der Waals surface area contributed by atoms with Gasteiger partial charge >= 0.3 is 6.09 Å². The van der Waals surface area contributed by atoms with Gasteiger partial charge in [0, 0.05) is 25.8 Å². The molecule has 0 saturated carbocycles. The molecule has 1 fully saturated rings. The number of carbonyl (C=O) groups is 2. The maximum Gasteiger partial charge on any atom is 0.407 e. The summed E-state index contributed by atoms with van der Waals surface area (Å²) in [5, 5.41) is 3.68. The highest BCUT2D eigenvalue weighted by Gasteiger charge is 2.22. The van der Waals surface area contributed by atoms with Gasteiger partial charge in [-0.3, -0.25) is 4.79 Å². The van der Waals surface area contributed by atoms with Gasteiger partial charge in [-0.05, 0) is 37.3 Å². The zero-order valence-electron chi connectivity index (χ0n) is 13.9. The molecule has 0 radical (unpaired) electrons. The summed E-state index contributed by atoms with van der Waals surface area (Å²) in [7, 11) is 0. The molecule has 8 nitrogen and oxygen atoms in total. The van der Waals surface area contributed by atoms with Crippen LogP contribution in [0.3, 0.4) is 0 Å². The van der Waals surface area contributed by atoms with E-state index in [2.05, 4.69) is 19.9 Å². The minimum absolute atomic E-state index is 0.392. The molecule has 2 amide bonds. The molecule has 2 aromatic rings. The van der Waals surface area contributed by atoms with Crippen LogP contribution in [0.25, 0.3) is 11.0 Å². The third-order valence-corrected chi connectivity index (χ3v) is 4.44. The Balaban J connectivity index is 1.42. The average molecular weight is 346 g/mol. The number of amides is 2. The minimum atomic E-state index is -0.663. The number of anilines is 1. The van der Waals surface area contributed by atoms with Crippen LogP contribution >= 0.6 is 0 Å². The summed E-state index contributed by atoms with van der Waals surface area (Å²) in [6, 6.07) is 3.82. The van der Waals surface area contributed by atoms with E-state index < -0.39 is 18.6 Å². The first kappa shape index (κ1) is 17.1. The molecule has 0 bridgehead atoms. The molecule has 134 valence electrons. The Morgan fingerprint density at radius 3 is 2.92 bits per heavy atom. The first-order valence-electron chi connectivity index (χ1n) is 8.39. The van der Waals surface area contributed by atoms with Crippen molar-refractivity contribution in [3.05, 3.63) is 24.6 Å². The molecular weight excluding hydrogens is 324 g/mol. The van der Waals surface area contributed by atoms with Gasteiger partial charge in [-0.15, -0.1) is 0 Å². The Hall–Kier alpha value is -2.77. The van der Waals surface area contributed by atoms with Crippen LogP contribution in [-0.2, 0) is 9.53 Å². The van der Waals surface area contributed by atoms with Gasteiger partial charge in [-0.2, -0.15) is 0 Å². The van der Waals surface area contributed by atoms with Crippen molar-refractivity contribution in [3.8, 4) is 0 Å². The quantitative estimate of drug-likeness (QED) is 0.823. The monoisotopic (exact) mass is 346 g/mol. The number of alkyl carbamates (subject to hydrolysis) is 1. The van der Waals surface area contributed by atoms with Crippen molar-refractivity contribution in [1.82, 2.24) is 10.3 Å². The Kier molecular flexibility index (Phi) is 5.37. The van der Waals surface area contributed by atoms with E-state index in [0.29, 0.717) is 12.5 Å². The lowest BCUT2D eigenvalue weighted by Crippen LogP contribution is -2.36. The SMILES string of the molecule is NC(=O)COC(=O)NCCC1CCN(c2nccc3occc23)CC1. The van der Waals surface area contributed by atoms with E-state index >= 15 is 0 Å². The second-order valence-electron chi connectivity index (χ2n) is 6.16. The molecule has 0 aromatic carbocycles. The second-order valence-corrected chi connectivity index (χ2v) is 6.16. The van der Waals surface area contributed by atoms with Crippen molar-refractivity contribution < 1.29 is 18.7 Å². The molecule has 0 unspecified atom stereocenters. The van der Waals surface area contributed by atoms with Crippen LogP contribution < -0.4 is 16.0 Å². The highest BCUT2D eigenvalue weighted by atomic mass is 16.6. The van der Waals surface area contributed by atoms with Crippen LogP contribution in [0.15, 0.2) is 29.0 Å². The molecule has 3 N–H and O–H groups in total. The van der Waals surface area contributed by atoms with E-state index in [1.54, 1.807) is 12.5 Å². The standard InChI is InChI=1S/C17H22N4O4/c18-15(22)11-25-17(23)20-6-1-12-3-8-21(9-4-12)16-13-5-10-24-14(13)2-7-19-16/h2,5,7,10,12H,1,3-4,6,8-9,11H2,(H2,18,22)(H,20,23). The van der Waals surface area contributed by atoms with Gasteiger partial charge in [0.25, 0.3) is 5.91 Å². The first-order valence-corrected chi connectivity index (χ1v) is 8.39. The predicted octanol–water partition coefficient (Wildman–Crippen LogP) is 1.65. The predicted molar refractivity (Wildman–Crippen MR) is 92.1 cm³/mol. The van der Waals surface area contributed by atoms with E-state index in [-0.39, 0.29) is 0 Å². The summed E-state index contributed by atoms with van der Waals surface area (Å²) >= 11 is 0. The van der Waals surface area contributed by atoms with Crippen LogP contribution in [0, 0.1) is 5.92 Å². The Labute approximate surface area is 145 Å². The van der Waals surface area contributed by atoms with Gasteiger partial charge in [0.05, 0.1) is 11.6 Å². The summed E-state index contributed by atoms with van der Waals surface area (Å²) < 4.78 is 10.1. The third-order valence-electron chi connectivity index (χ3n) is 4.44. The lowest BCUT2D eigenvalue weighted by atomic mass is 9.93. The number of ether oxygens (including phenoxy) is 1. The summed E-state index contributed by atoms with van der Waals surface area (Å²) in [5.41, 5.74) is 5.77. The smallest absolute Gasteiger partial charge is 0.407 e. The van der Waals surface area contributed by atoms with Crippen LogP contribution in [0.1, 0.15) is 19.3 Å². The number of hydrogen-bond donors (Lipinski definition) is 2. The van der Waals surface area contributed by atoms with Gasteiger partial charge in [0.2, 0.25) is 0 Å². The van der Waals surface area contributed by atoms with Crippen LogP contribution in [0.5, 0.6) is 0 Å². The number of aromatic nitrogens is 1. The van der Waals surface area contributed by atoms with Gasteiger partial charge in [-0.25, -0.2) is 9.78 Å². The highest BCUT2D eigenvalue weighted by molar-refractivity contribution is 5.88. The number of rotatable bonds is 6. The highest BCUT2D eigenvalue weighted by Crippen LogP contribution is 2.29. The van der Waals surface area contributed by atoms with E-state index in [4.69, 9.17) is 10.2 Å². The lowest BCUT2D eigenvalue weighted by Gasteiger charge is -2.33. The normalized spacial score (nSPS) is 15.3.